The molecule has 1 aliphatic heterocycles. The topological polar surface area (TPSA) is 96.2 Å². The van der Waals surface area contributed by atoms with E-state index in [0.29, 0.717) is 37.1 Å². The second-order valence-corrected chi connectivity index (χ2v) is 8.28. The molecule has 3 rings (SSSR count). The summed E-state index contributed by atoms with van der Waals surface area (Å²) >= 11 is 0. The second-order valence-electron chi connectivity index (χ2n) is 6.21. The van der Waals surface area contributed by atoms with Crippen molar-refractivity contribution < 1.29 is 13.2 Å². The van der Waals surface area contributed by atoms with Crippen molar-refractivity contribution in [2.75, 3.05) is 30.4 Å². The molecule has 136 valence electrons. The van der Waals surface area contributed by atoms with E-state index < -0.39 is 15.6 Å². The van der Waals surface area contributed by atoms with E-state index in [2.05, 4.69) is 14.9 Å². The first-order chi connectivity index (χ1) is 12.5. The summed E-state index contributed by atoms with van der Waals surface area (Å²) in [6, 6.07) is 13.0. The molecule has 1 aromatic heterocycles. The number of aromatic nitrogens is 2. The van der Waals surface area contributed by atoms with Crippen LogP contribution in [0.2, 0.25) is 0 Å². The van der Waals surface area contributed by atoms with Gasteiger partial charge in [-0.2, -0.15) is 5.26 Å². The van der Waals surface area contributed by atoms with Crippen LogP contribution in [0.3, 0.4) is 0 Å². The van der Waals surface area contributed by atoms with Gasteiger partial charge in [-0.05, 0) is 6.92 Å². The lowest BCUT2D eigenvalue weighted by atomic mass is 10.2. The van der Waals surface area contributed by atoms with Gasteiger partial charge in [0.2, 0.25) is 0 Å². The minimum Gasteiger partial charge on any atom is -0.377 e. The van der Waals surface area contributed by atoms with Crippen LogP contribution in [0.1, 0.15) is 12.6 Å². The normalized spacial score (nSPS) is 17.7. The van der Waals surface area contributed by atoms with E-state index in [9.17, 15) is 8.42 Å². The lowest BCUT2D eigenvalue weighted by molar-refractivity contribution is 0.0985. The minimum absolute atomic E-state index is 0.130. The van der Waals surface area contributed by atoms with Crippen LogP contribution < -0.4 is 4.90 Å². The molecule has 0 aliphatic carbocycles. The number of anilines is 1. The molecule has 0 radical (unpaired) electrons. The molecular weight excluding hydrogens is 352 g/mol. The quantitative estimate of drug-likeness (QED) is 0.789. The Morgan fingerprint density at radius 1 is 1.31 bits per heavy atom. The van der Waals surface area contributed by atoms with Crippen molar-refractivity contribution >= 4 is 15.7 Å². The van der Waals surface area contributed by atoms with Crippen LogP contribution in [-0.2, 0) is 20.3 Å². The minimum atomic E-state index is -3.54. The van der Waals surface area contributed by atoms with Crippen molar-refractivity contribution in [1.82, 2.24) is 9.97 Å². The van der Waals surface area contributed by atoms with E-state index in [1.165, 1.54) is 0 Å². The molecule has 1 aliphatic rings. The van der Waals surface area contributed by atoms with E-state index in [1.54, 1.807) is 12.1 Å². The monoisotopic (exact) mass is 372 g/mol. The predicted octanol–water partition coefficient (Wildman–Crippen LogP) is 1.81. The Bertz CT molecular complexity index is 910. The zero-order chi connectivity index (χ0) is 18.6. The smallest absolute Gasteiger partial charge is 0.169 e. The van der Waals surface area contributed by atoms with E-state index in [1.807, 2.05) is 37.3 Å². The summed E-state index contributed by atoms with van der Waals surface area (Å²) in [5.74, 6) is 0.344. The zero-order valence-corrected chi connectivity index (χ0v) is 15.3. The summed E-state index contributed by atoms with van der Waals surface area (Å²) in [4.78, 5) is 11.2. The van der Waals surface area contributed by atoms with Gasteiger partial charge in [0.25, 0.3) is 0 Å². The predicted molar refractivity (Wildman–Crippen MR) is 98.2 cm³/mol. The van der Waals surface area contributed by atoms with E-state index in [4.69, 9.17) is 10.00 Å². The Morgan fingerprint density at radius 2 is 2.08 bits per heavy atom. The Balaban J connectivity index is 2.03. The number of rotatable bonds is 5. The van der Waals surface area contributed by atoms with Crippen LogP contribution in [0, 0.1) is 11.3 Å². The molecule has 0 N–H and O–H groups in total. The maximum absolute atomic E-state index is 12.1. The highest BCUT2D eigenvalue weighted by Gasteiger charge is 2.23. The van der Waals surface area contributed by atoms with Gasteiger partial charge < -0.3 is 9.64 Å². The number of nitrogens with zero attached hydrogens (tertiary/aromatic N) is 4. The molecule has 0 saturated carbocycles. The molecule has 1 saturated heterocycles. The van der Waals surface area contributed by atoms with E-state index in [0.717, 1.165) is 5.56 Å². The van der Waals surface area contributed by atoms with Gasteiger partial charge in [-0.3, -0.25) is 0 Å². The Morgan fingerprint density at radius 3 is 2.77 bits per heavy atom. The Kier molecular flexibility index (Phi) is 5.49. The van der Waals surface area contributed by atoms with Gasteiger partial charge in [-0.1, -0.05) is 30.3 Å². The molecule has 26 heavy (non-hydrogen) atoms. The van der Waals surface area contributed by atoms with Crippen molar-refractivity contribution in [3.8, 4) is 17.5 Å². The third-order valence-electron chi connectivity index (χ3n) is 4.11. The lowest BCUT2D eigenvalue weighted by Crippen LogP contribution is -2.44. The van der Waals surface area contributed by atoms with Crippen LogP contribution >= 0.6 is 0 Å². The van der Waals surface area contributed by atoms with Crippen LogP contribution in [0.4, 0.5) is 5.82 Å². The highest BCUT2D eigenvalue weighted by molar-refractivity contribution is 7.90. The Hall–Kier alpha value is -2.50. The average molecular weight is 372 g/mol. The molecule has 0 amide bonds. The fourth-order valence-corrected chi connectivity index (χ4v) is 3.76. The first kappa shape index (κ1) is 18.3. The molecule has 8 heteroatoms. The number of sulfone groups is 1. The summed E-state index contributed by atoms with van der Waals surface area (Å²) in [7, 11) is -3.54. The largest absolute Gasteiger partial charge is 0.377 e. The molecule has 1 aromatic carbocycles. The van der Waals surface area contributed by atoms with E-state index in [-0.39, 0.29) is 11.8 Å². The lowest BCUT2D eigenvalue weighted by Gasteiger charge is -2.34. The molecule has 1 fully saturated rings. The van der Waals surface area contributed by atoms with Crippen LogP contribution in [0.15, 0.2) is 36.4 Å². The molecule has 1 atom stereocenters. The van der Waals surface area contributed by atoms with Crippen LogP contribution in [0.5, 0.6) is 0 Å². The summed E-state index contributed by atoms with van der Waals surface area (Å²) in [5, 5.41) is 8.72. The number of nitriles is 1. The molecule has 0 bridgehead atoms. The molecule has 2 aromatic rings. The van der Waals surface area contributed by atoms with Crippen molar-refractivity contribution in [2.24, 2.45) is 0 Å². The van der Waals surface area contributed by atoms with Gasteiger partial charge >= 0.3 is 0 Å². The first-order valence-corrected chi connectivity index (χ1v) is 10.2. The number of ether oxygens (including phenoxy) is 1. The fourth-order valence-electron chi connectivity index (χ4n) is 2.86. The summed E-state index contributed by atoms with van der Waals surface area (Å²) in [6.45, 7) is 3.90. The highest BCUT2D eigenvalue weighted by Crippen LogP contribution is 2.24. The maximum Gasteiger partial charge on any atom is 0.169 e. The van der Waals surface area contributed by atoms with Gasteiger partial charge in [0.1, 0.15) is 11.6 Å². The van der Waals surface area contributed by atoms with Crippen molar-refractivity contribution in [2.45, 2.75) is 18.7 Å². The third-order valence-corrected chi connectivity index (χ3v) is 5.42. The average Bonchev–Trinajstić information content (AvgIpc) is 2.62. The molecule has 0 unspecified atom stereocenters. The van der Waals surface area contributed by atoms with Crippen molar-refractivity contribution in [1.29, 1.82) is 5.26 Å². The number of benzene rings is 1. The zero-order valence-electron chi connectivity index (χ0n) is 14.5. The van der Waals surface area contributed by atoms with E-state index >= 15 is 0 Å². The number of morpholine rings is 1. The summed E-state index contributed by atoms with van der Waals surface area (Å²) in [5.41, 5.74) is 1.21. The first-order valence-electron chi connectivity index (χ1n) is 8.33. The second kappa shape index (κ2) is 7.81. The molecule has 0 spiro atoms. The van der Waals surface area contributed by atoms with Gasteiger partial charge in [0.15, 0.2) is 15.7 Å². The van der Waals surface area contributed by atoms with Gasteiger partial charge in [0.05, 0.1) is 36.8 Å². The van der Waals surface area contributed by atoms with Crippen LogP contribution in [-0.4, -0.2) is 49.9 Å². The van der Waals surface area contributed by atoms with Gasteiger partial charge in [-0.25, -0.2) is 18.4 Å². The van der Waals surface area contributed by atoms with Crippen LogP contribution in [0.25, 0.3) is 11.4 Å². The van der Waals surface area contributed by atoms with Crippen molar-refractivity contribution in [3.63, 3.8) is 0 Å². The molecule has 2 heterocycles. The highest BCUT2D eigenvalue weighted by atomic mass is 32.2. The third kappa shape index (κ3) is 4.36. The molecule has 7 nitrogen and oxygen atoms in total. The van der Waals surface area contributed by atoms with Gasteiger partial charge in [-0.15, -0.1) is 0 Å². The summed E-state index contributed by atoms with van der Waals surface area (Å²) in [6.07, 6.45) is 0. The van der Waals surface area contributed by atoms with Gasteiger partial charge in [0, 0.05) is 18.2 Å². The standard InChI is InChI=1S/C18H20N4O3S/c1-14-12-25-9-8-22(14)17-11-16(13-26(23,24)10-7-19)20-18(21-17)15-5-3-2-4-6-15/h2-6,11,14H,8-10,12-13H2,1H3/t14-/m0/s1. The maximum atomic E-state index is 12.1. The summed E-state index contributed by atoms with van der Waals surface area (Å²) < 4.78 is 29.6. The molecular formula is C18H20N4O3S. The van der Waals surface area contributed by atoms with Crippen molar-refractivity contribution in [3.05, 3.63) is 42.1 Å². The SMILES string of the molecule is C[C@H]1COCCN1c1cc(CS(=O)(=O)CC#N)nc(-c2ccccc2)n1. The Labute approximate surface area is 153 Å². The number of hydrogen-bond acceptors (Lipinski definition) is 7. The fraction of sp³-hybridized carbons (Fsp3) is 0.389. The number of hydrogen-bond donors (Lipinski definition) is 0.